The number of nitrogens with one attached hydrogen (secondary N) is 3. The van der Waals surface area contributed by atoms with Crippen LogP contribution in [0, 0.1) is 18.6 Å². The molecule has 2 aliphatic rings. The zero-order valence-electron chi connectivity index (χ0n) is 19.4. The summed E-state index contributed by atoms with van der Waals surface area (Å²) in [6, 6.07) is 5.91. The molecule has 1 aromatic carbocycles. The van der Waals surface area contributed by atoms with Crippen LogP contribution < -0.4 is 10.1 Å². The number of benzene rings is 1. The van der Waals surface area contributed by atoms with E-state index in [9.17, 15) is 12.8 Å². The Balaban J connectivity index is 1.35. The molecule has 9 nitrogen and oxygen atoms in total. The number of aryl methyl sites for hydroxylation is 1. The van der Waals surface area contributed by atoms with Crippen molar-refractivity contribution in [3.8, 4) is 11.8 Å². The molecule has 12 heteroatoms. The van der Waals surface area contributed by atoms with Crippen molar-refractivity contribution in [1.29, 1.82) is 0 Å². The first-order valence-electron chi connectivity index (χ1n) is 11.8. The maximum atomic E-state index is 15.2. The van der Waals surface area contributed by atoms with Gasteiger partial charge in [0.1, 0.15) is 15.7 Å². The van der Waals surface area contributed by atoms with Crippen molar-refractivity contribution in [3.05, 3.63) is 53.0 Å². The fourth-order valence-corrected chi connectivity index (χ4v) is 6.08. The first-order chi connectivity index (χ1) is 17.2. The SMILES string of the molecule is Cc1cc2c(F)c(Oc3nc(Nc4cc(C5CC5)[nH]n4)cc(C4CCS(=O)(=O)CC4)n3)cc(F)c2[nH]1. The van der Waals surface area contributed by atoms with Crippen LogP contribution in [0.3, 0.4) is 0 Å². The third kappa shape index (κ3) is 4.52. The molecule has 3 aromatic heterocycles. The molecule has 0 bridgehead atoms. The van der Waals surface area contributed by atoms with Gasteiger partial charge in [0.25, 0.3) is 0 Å². The van der Waals surface area contributed by atoms with Crippen molar-refractivity contribution in [1.82, 2.24) is 25.1 Å². The molecule has 4 heterocycles. The molecule has 0 spiro atoms. The highest BCUT2D eigenvalue weighted by atomic mass is 32.2. The third-order valence-electron chi connectivity index (χ3n) is 6.67. The van der Waals surface area contributed by atoms with E-state index in [0.717, 1.165) is 24.6 Å². The normalized spacial score (nSPS) is 18.0. The highest BCUT2D eigenvalue weighted by Gasteiger charge is 2.28. The van der Waals surface area contributed by atoms with E-state index in [1.807, 2.05) is 6.07 Å². The summed E-state index contributed by atoms with van der Waals surface area (Å²) in [7, 11) is -3.07. The van der Waals surface area contributed by atoms with Crippen molar-refractivity contribution >= 4 is 32.4 Å². The number of fused-ring (bicyclic) bond motifs is 1. The van der Waals surface area contributed by atoms with Crippen LogP contribution in [0.25, 0.3) is 10.9 Å². The molecule has 0 radical (unpaired) electrons. The van der Waals surface area contributed by atoms with E-state index < -0.39 is 21.5 Å². The zero-order chi connectivity index (χ0) is 25.0. The number of hydrogen-bond acceptors (Lipinski definition) is 7. The van der Waals surface area contributed by atoms with Gasteiger partial charge in [-0.1, -0.05) is 0 Å². The number of hydrogen-bond donors (Lipinski definition) is 3. The molecular weight excluding hydrogens is 490 g/mol. The maximum absolute atomic E-state index is 15.2. The Hall–Kier alpha value is -3.54. The lowest BCUT2D eigenvalue weighted by molar-refractivity contribution is 0.406. The van der Waals surface area contributed by atoms with Gasteiger partial charge in [-0.25, -0.2) is 17.2 Å². The van der Waals surface area contributed by atoms with E-state index in [4.69, 9.17) is 4.74 Å². The highest BCUT2D eigenvalue weighted by Crippen LogP contribution is 2.40. The summed E-state index contributed by atoms with van der Waals surface area (Å²) in [5.41, 5.74) is 2.27. The summed E-state index contributed by atoms with van der Waals surface area (Å²) in [5.74, 6) is -0.350. The summed E-state index contributed by atoms with van der Waals surface area (Å²) in [4.78, 5) is 11.6. The molecule has 1 aliphatic heterocycles. The van der Waals surface area contributed by atoms with E-state index in [-0.39, 0.29) is 40.1 Å². The Morgan fingerprint density at radius 3 is 2.53 bits per heavy atom. The fourth-order valence-electron chi connectivity index (χ4n) is 4.59. The third-order valence-corrected chi connectivity index (χ3v) is 8.39. The number of aromatic amines is 2. The van der Waals surface area contributed by atoms with Crippen LogP contribution in [0.2, 0.25) is 0 Å². The quantitative estimate of drug-likeness (QED) is 0.332. The van der Waals surface area contributed by atoms with Crippen molar-refractivity contribution in [2.45, 2.75) is 44.4 Å². The molecule has 6 rings (SSSR count). The molecule has 1 saturated carbocycles. The summed E-state index contributed by atoms with van der Waals surface area (Å²) in [5, 5.41) is 10.5. The molecule has 0 amide bonds. The van der Waals surface area contributed by atoms with E-state index in [2.05, 4.69) is 30.5 Å². The van der Waals surface area contributed by atoms with Gasteiger partial charge in [0, 0.05) is 46.8 Å². The molecule has 4 aromatic rings. The Bertz CT molecular complexity index is 1560. The molecule has 3 N–H and O–H groups in total. The number of rotatable bonds is 6. The van der Waals surface area contributed by atoms with Crippen LogP contribution in [0.5, 0.6) is 11.8 Å². The van der Waals surface area contributed by atoms with Crippen LogP contribution in [0.1, 0.15) is 54.6 Å². The fraction of sp³-hybridized carbons (Fsp3) is 0.375. The van der Waals surface area contributed by atoms with Crippen LogP contribution >= 0.6 is 0 Å². The first kappa shape index (κ1) is 22.9. The van der Waals surface area contributed by atoms with E-state index in [1.54, 1.807) is 13.0 Å². The molecule has 188 valence electrons. The zero-order valence-corrected chi connectivity index (χ0v) is 20.3. The topological polar surface area (TPSA) is 126 Å². The summed E-state index contributed by atoms with van der Waals surface area (Å²) in [6.45, 7) is 1.71. The summed E-state index contributed by atoms with van der Waals surface area (Å²) in [6.07, 6.45) is 3.05. The van der Waals surface area contributed by atoms with E-state index in [1.165, 1.54) is 6.07 Å². The lowest BCUT2D eigenvalue weighted by Crippen LogP contribution is -2.23. The molecular formula is C24H24F2N6O3S. The van der Waals surface area contributed by atoms with Gasteiger partial charge in [-0.15, -0.1) is 0 Å². The Morgan fingerprint density at radius 2 is 1.78 bits per heavy atom. The second kappa shape index (κ2) is 8.54. The number of ether oxygens (including phenoxy) is 1. The van der Waals surface area contributed by atoms with Crippen LogP contribution in [-0.2, 0) is 9.84 Å². The number of aromatic nitrogens is 5. The van der Waals surface area contributed by atoms with Crippen molar-refractivity contribution in [3.63, 3.8) is 0 Å². The second-order valence-corrected chi connectivity index (χ2v) is 11.8. The van der Waals surface area contributed by atoms with E-state index in [0.29, 0.717) is 41.8 Å². The van der Waals surface area contributed by atoms with Crippen LogP contribution in [0.4, 0.5) is 20.4 Å². The average molecular weight is 515 g/mol. The van der Waals surface area contributed by atoms with Gasteiger partial charge in [-0.2, -0.15) is 15.1 Å². The molecule has 0 unspecified atom stereocenters. The largest absolute Gasteiger partial charge is 0.421 e. The summed E-state index contributed by atoms with van der Waals surface area (Å²) < 4.78 is 59.3. The van der Waals surface area contributed by atoms with Gasteiger partial charge >= 0.3 is 6.01 Å². The Kier molecular flexibility index (Phi) is 5.43. The predicted octanol–water partition coefficient (Wildman–Crippen LogP) is 4.97. The number of halogens is 2. The Labute approximate surface area is 205 Å². The minimum Gasteiger partial charge on any atom is -0.421 e. The first-order valence-corrected chi connectivity index (χ1v) is 13.6. The maximum Gasteiger partial charge on any atom is 0.324 e. The number of anilines is 2. The summed E-state index contributed by atoms with van der Waals surface area (Å²) >= 11 is 0. The van der Waals surface area contributed by atoms with Gasteiger partial charge in [-0.05, 0) is 38.7 Å². The van der Waals surface area contributed by atoms with Gasteiger partial charge in [0.05, 0.1) is 22.7 Å². The highest BCUT2D eigenvalue weighted by molar-refractivity contribution is 7.91. The van der Waals surface area contributed by atoms with Crippen LogP contribution in [0.15, 0.2) is 24.3 Å². The molecule has 1 aliphatic carbocycles. The average Bonchev–Trinajstić information content (AvgIpc) is 3.44. The van der Waals surface area contributed by atoms with Gasteiger partial charge < -0.3 is 15.0 Å². The second-order valence-electron chi connectivity index (χ2n) is 9.51. The van der Waals surface area contributed by atoms with Crippen LogP contribution in [-0.4, -0.2) is 45.1 Å². The van der Waals surface area contributed by atoms with Crippen molar-refractivity contribution in [2.75, 3.05) is 16.8 Å². The predicted molar refractivity (Wildman–Crippen MR) is 130 cm³/mol. The Morgan fingerprint density at radius 1 is 1.00 bits per heavy atom. The molecule has 0 atom stereocenters. The number of H-pyrrole nitrogens is 2. The monoisotopic (exact) mass is 514 g/mol. The van der Waals surface area contributed by atoms with Gasteiger partial charge in [0.15, 0.2) is 23.2 Å². The van der Waals surface area contributed by atoms with Crippen molar-refractivity contribution in [2.24, 2.45) is 0 Å². The smallest absolute Gasteiger partial charge is 0.324 e. The molecule has 36 heavy (non-hydrogen) atoms. The lowest BCUT2D eigenvalue weighted by Gasteiger charge is -2.22. The molecule has 2 fully saturated rings. The number of nitrogens with zero attached hydrogens (tertiary/aromatic N) is 3. The standard InChI is InChI=1S/C24H24F2N6O3S/c1-12-8-15-22(26)19(9-16(25)23(15)27-12)35-24-28-17(14-4-6-36(33,34)7-5-14)10-20(30-24)29-21-11-18(31-32-21)13-2-3-13/h8-11,13-14,27H,2-7H2,1H3,(H2,28,29,30,31,32). The molecule has 1 saturated heterocycles. The van der Waals surface area contributed by atoms with E-state index >= 15 is 4.39 Å². The minimum atomic E-state index is -3.07. The van der Waals surface area contributed by atoms with Gasteiger partial charge in [-0.3, -0.25) is 5.10 Å². The minimum absolute atomic E-state index is 0.0581. The number of sulfone groups is 1. The van der Waals surface area contributed by atoms with Gasteiger partial charge in [0.2, 0.25) is 0 Å². The van der Waals surface area contributed by atoms with Crippen molar-refractivity contribution < 1.29 is 21.9 Å². The lowest BCUT2D eigenvalue weighted by atomic mass is 9.98.